The first-order chi connectivity index (χ1) is 16.8. The molecule has 0 aliphatic carbocycles. The number of methoxy groups -OCH3 is 1. The number of fused-ring (bicyclic) bond motifs is 1. The molecule has 1 N–H and O–H groups in total. The average Bonchev–Trinajstić information content (AvgIpc) is 3.01. The van der Waals surface area contributed by atoms with Gasteiger partial charge in [0.25, 0.3) is 15.9 Å². The lowest BCUT2D eigenvalue weighted by Gasteiger charge is -2.31. The first-order valence-corrected chi connectivity index (χ1v) is 13.2. The van der Waals surface area contributed by atoms with Crippen molar-refractivity contribution in [1.82, 2.24) is 14.5 Å². The summed E-state index contributed by atoms with van der Waals surface area (Å²) in [4.78, 5) is 40.3. The van der Waals surface area contributed by atoms with Gasteiger partial charge in [0.15, 0.2) is 0 Å². The predicted molar refractivity (Wildman–Crippen MR) is 135 cm³/mol. The minimum Gasteiger partial charge on any atom is -0.497 e. The number of carbonyl (C=O) groups is 3. The Hall–Kier alpha value is -3.40. The van der Waals surface area contributed by atoms with Crippen LogP contribution in [0, 0.1) is 0 Å². The number of carbonyl (C=O) groups excluding carboxylic acids is 3. The van der Waals surface area contributed by atoms with Crippen molar-refractivity contribution in [3.8, 4) is 5.75 Å². The Labute approximate surface area is 212 Å². The fourth-order valence-corrected chi connectivity index (χ4v) is 5.60. The van der Waals surface area contributed by atoms with E-state index in [1.165, 1.54) is 17.0 Å². The molecule has 2 aromatic rings. The van der Waals surface area contributed by atoms with Crippen LogP contribution in [0.5, 0.6) is 5.75 Å². The molecule has 0 saturated carbocycles. The third-order valence-corrected chi connectivity index (χ3v) is 7.66. The number of amides is 3. The summed E-state index contributed by atoms with van der Waals surface area (Å²) in [6.45, 7) is 7.27. The van der Waals surface area contributed by atoms with E-state index in [0.717, 1.165) is 9.87 Å². The van der Waals surface area contributed by atoms with Crippen molar-refractivity contribution >= 4 is 27.7 Å². The molecule has 3 amide bonds. The Morgan fingerprint density at radius 3 is 2.44 bits per heavy atom. The molecular formula is C26H33N3O6S. The van der Waals surface area contributed by atoms with Gasteiger partial charge in [-0.3, -0.25) is 14.4 Å². The lowest BCUT2D eigenvalue weighted by Crippen LogP contribution is -2.52. The second-order valence-electron chi connectivity index (χ2n) is 9.77. The minimum absolute atomic E-state index is 0.0200. The van der Waals surface area contributed by atoms with Gasteiger partial charge in [0.1, 0.15) is 16.7 Å². The van der Waals surface area contributed by atoms with E-state index in [0.29, 0.717) is 5.75 Å². The predicted octanol–water partition coefficient (Wildman–Crippen LogP) is 2.95. The second-order valence-corrected chi connectivity index (χ2v) is 11.6. The van der Waals surface area contributed by atoms with Gasteiger partial charge in [0.05, 0.1) is 12.7 Å². The maximum absolute atomic E-state index is 13.3. The number of ether oxygens (including phenoxy) is 1. The first kappa shape index (κ1) is 27.2. The second kappa shape index (κ2) is 10.7. The average molecular weight is 516 g/mol. The Bertz CT molecular complexity index is 1250. The summed E-state index contributed by atoms with van der Waals surface area (Å²) in [7, 11) is -2.39. The van der Waals surface area contributed by atoms with Crippen LogP contribution in [0.1, 0.15) is 56.5 Å². The minimum atomic E-state index is -3.94. The highest BCUT2D eigenvalue weighted by Crippen LogP contribution is 2.30. The van der Waals surface area contributed by atoms with Gasteiger partial charge >= 0.3 is 0 Å². The van der Waals surface area contributed by atoms with Gasteiger partial charge in [0.2, 0.25) is 11.8 Å². The largest absolute Gasteiger partial charge is 0.497 e. The smallest absolute Gasteiger partial charge is 0.269 e. The maximum Gasteiger partial charge on any atom is 0.269 e. The van der Waals surface area contributed by atoms with E-state index < -0.39 is 27.5 Å². The van der Waals surface area contributed by atoms with Crippen LogP contribution in [-0.4, -0.2) is 60.6 Å². The number of hydrogen-bond acceptors (Lipinski definition) is 6. The summed E-state index contributed by atoms with van der Waals surface area (Å²) >= 11 is 0. The molecule has 1 atom stereocenters. The Morgan fingerprint density at radius 1 is 1.11 bits per heavy atom. The van der Waals surface area contributed by atoms with Crippen molar-refractivity contribution < 1.29 is 27.5 Å². The van der Waals surface area contributed by atoms with E-state index in [2.05, 4.69) is 5.32 Å². The summed E-state index contributed by atoms with van der Waals surface area (Å²) in [5.41, 5.74) is 0.442. The standard InChI is InChI=1S/C26H33N3O6S/c1-18(24(31)27-26(2,3)4)28(17-19-10-8-11-20(16-19)35-5)23(30)14-9-15-29-25(32)21-12-6-7-13-22(21)36(29,33)34/h6-8,10-13,16,18H,9,14-15,17H2,1-5H3,(H,27,31)/t18-/m0/s1. The monoisotopic (exact) mass is 515 g/mol. The van der Waals surface area contributed by atoms with Gasteiger partial charge in [-0.15, -0.1) is 0 Å². The zero-order valence-electron chi connectivity index (χ0n) is 21.3. The fourth-order valence-electron chi connectivity index (χ4n) is 3.99. The van der Waals surface area contributed by atoms with E-state index in [9.17, 15) is 22.8 Å². The van der Waals surface area contributed by atoms with Crippen LogP contribution >= 0.6 is 0 Å². The number of nitrogens with zero attached hydrogens (tertiary/aromatic N) is 2. The molecule has 1 aliphatic heterocycles. The molecule has 36 heavy (non-hydrogen) atoms. The molecule has 3 rings (SSSR count). The van der Waals surface area contributed by atoms with Crippen LogP contribution in [0.4, 0.5) is 0 Å². The normalized spacial score (nSPS) is 15.2. The zero-order chi connectivity index (χ0) is 26.7. The van der Waals surface area contributed by atoms with E-state index in [4.69, 9.17) is 4.74 Å². The summed E-state index contributed by atoms with van der Waals surface area (Å²) in [5.74, 6) is -0.587. The van der Waals surface area contributed by atoms with Crippen molar-refractivity contribution in [3.63, 3.8) is 0 Å². The van der Waals surface area contributed by atoms with Crippen molar-refractivity contribution in [1.29, 1.82) is 0 Å². The van der Waals surface area contributed by atoms with Gasteiger partial charge in [-0.2, -0.15) is 0 Å². The lowest BCUT2D eigenvalue weighted by atomic mass is 10.1. The number of rotatable bonds is 9. The molecule has 194 valence electrons. The van der Waals surface area contributed by atoms with Gasteiger partial charge in [-0.05, 0) is 63.9 Å². The lowest BCUT2D eigenvalue weighted by molar-refractivity contribution is -0.141. The molecule has 0 bridgehead atoms. The van der Waals surface area contributed by atoms with Crippen LogP contribution in [0.3, 0.4) is 0 Å². The summed E-state index contributed by atoms with van der Waals surface area (Å²) in [6, 6.07) is 12.5. The molecule has 9 nitrogen and oxygen atoms in total. The summed E-state index contributed by atoms with van der Waals surface area (Å²) < 4.78 is 31.6. The van der Waals surface area contributed by atoms with Crippen molar-refractivity contribution in [2.24, 2.45) is 0 Å². The van der Waals surface area contributed by atoms with Gasteiger partial charge in [-0.25, -0.2) is 12.7 Å². The van der Waals surface area contributed by atoms with Gasteiger partial charge in [0, 0.05) is 25.0 Å². The molecule has 0 fully saturated rings. The van der Waals surface area contributed by atoms with E-state index >= 15 is 0 Å². The van der Waals surface area contributed by atoms with E-state index in [1.54, 1.807) is 44.4 Å². The van der Waals surface area contributed by atoms with Crippen molar-refractivity contribution in [2.75, 3.05) is 13.7 Å². The van der Waals surface area contributed by atoms with E-state index in [1.807, 2.05) is 26.8 Å². The molecule has 1 aliphatic rings. The van der Waals surface area contributed by atoms with Crippen molar-refractivity contribution in [2.45, 2.75) is 63.6 Å². The third-order valence-electron chi connectivity index (χ3n) is 5.82. The van der Waals surface area contributed by atoms with Crippen LogP contribution in [-0.2, 0) is 26.2 Å². The van der Waals surface area contributed by atoms with Crippen LogP contribution in [0.15, 0.2) is 53.4 Å². The highest BCUT2D eigenvalue weighted by molar-refractivity contribution is 7.90. The molecule has 0 unspecified atom stereocenters. The quantitative estimate of drug-likeness (QED) is 0.549. The van der Waals surface area contributed by atoms with Gasteiger partial charge in [-0.1, -0.05) is 24.3 Å². The highest BCUT2D eigenvalue weighted by Gasteiger charge is 2.40. The first-order valence-electron chi connectivity index (χ1n) is 11.8. The maximum atomic E-state index is 13.3. The highest BCUT2D eigenvalue weighted by atomic mass is 32.2. The Balaban J connectivity index is 1.74. The number of nitrogens with one attached hydrogen (secondary N) is 1. The topological polar surface area (TPSA) is 113 Å². The molecule has 0 radical (unpaired) electrons. The van der Waals surface area contributed by atoms with Crippen molar-refractivity contribution in [3.05, 3.63) is 59.7 Å². The SMILES string of the molecule is COc1cccc(CN(C(=O)CCCN2C(=O)c3ccccc3S2(=O)=O)[C@@H](C)C(=O)NC(C)(C)C)c1. The number of sulfonamides is 1. The number of hydrogen-bond donors (Lipinski definition) is 1. The molecule has 0 aromatic heterocycles. The fraction of sp³-hybridized carbons (Fsp3) is 0.423. The zero-order valence-corrected chi connectivity index (χ0v) is 22.1. The Kier molecular flexibility index (Phi) is 8.08. The molecular weight excluding hydrogens is 482 g/mol. The van der Waals surface area contributed by atoms with Crippen LogP contribution in [0.2, 0.25) is 0 Å². The molecule has 0 saturated heterocycles. The molecule has 2 aromatic carbocycles. The molecule has 0 spiro atoms. The van der Waals surface area contributed by atoms with Crippen LogP contribution in [0.25, 0.3) is 0 Å². The molecule has 1 heterocycles. The van der Waals surface area contributed by atoms with Gasteiger partial charge < -0.3 is 15.0 Å². The Morgan fingerprint density at radius 2 is 1.81 bits per heavy atom. The molecule has 10 heteroatoms. The van der Waals surface area contributed by atoms with E-state index in [-0.39, 0.29) is 48.2 Å². The van der Waals surface area contributed by atoms with Crippen LogP contribution < -0.4 is 10.1 Å². The number of benzene rings is 2. The summed E-state index contributed by atoms with van der Waals surface area (Å²) in [5, 5.41) is 2.90. The third kappa shape index (κ3) is 6.04. The summed E-state index contributed by atoms with van der Waals surface area (Å²) in [6.07, 6.45) is 0.0900.